The van der Waals surface area contributed by atoms with Crippen molar-refractivity contribution < 1.29 is 4.79 Å². The van der Waals surface area contributed by atoms with Gasteiger partial charge in [0.05, 0.1) is 0 Å². The van der Waals surface area contributed by atoms with Gasteiger partial charge in [-0.05, 0) is 30.9 Å². The smallest absolute Gasteiger partial charge is 0.221 e. The molecule has 0 spiro atoms. The van der Waals surface area contributed by atoms with E-state index in [0.29, 0.717) is 5.92 Å². The van der Waals surface area contributed by atoms with Crippen molar-refractivity contribution in [1.82, 2.24) is 5.32 Å². The number of amides is 1. The van der Waals surface area contributed by atoms with Crippen LogP contribution in [0.5, 0.6) is 0 Å². The summed E-state index contributed by atoms with van der Waals surface area (Å²) in [6.07, 6.45) is 3.88. The maximum atomic E-state index is 11.1. The lowest BCUT2D eigenvalue weighted by atomic mass is 10.0. The second kappa shape index (κ2) is 6.23. The Labute approximate surface area is 92.8 Å². The van der Waals surface area contributed by atoms with Gasteiger partial charge in [-0.25, -0.2) is 0 Å². The minimum absolute atomic E-state index is 0.0530. The van der Waals surface area contributed by atoms with E-state index in [1.807, 2.05) is 13.8 Å². The van der Waals surface area contributed by atoms with E-state index in [1.165, 1.54) is 6.92 Å². The molecule has 84 valence electrons. The molecule has 0 radical (unpaired) electrons. The van der Waals surface area contributed by atoms with Crippen LogP contribution in [0.3, 0.4) is 0 Å². The van der Waals surface area contributed by atoms with Crippen LogP contribution >= 0.6 is 0 Å². The lowest BCUT2D eigenvalue weighted by molar-refractivity contribution is -0.118. The molecule has 0 aromatic carbocycles. The Bertz CT molecular complexity index is 308. The molecule has 15 heavy (non-hydrogen) atoms. The molecule has 0 heterocycles. The van der Waals surface area contributed by atoms with E-state index in [2.05, 4.69) is 31.8 Å². The first-order valence-electron chi connectivity index (χ1n) is 5.18. The summed E-state index contributed by atoms with van der Waals surface area (Å²) in [6, 6.07) is 0. The van der Waals surface area contributed by atoms with Gasteiger partial charge in [-0.2, -0.15) is 0 Å². The van der Waals surface area contributed by atoms with E-state index in [1.54, 1.807) is 6.08 Å². The summed E-state index contributed by atoms with van der Waals surface area (Å²) in [5.74, 6) is 0.411. The van der Waals surface area contributed by atoms with Gasteiger partial charge in [0.1, 0.15) is 0 Å². The van der Waals surface area contributed by atoms with E-state index >= 15 is 0 Å². The predicted molar refractivity (Wildman–Crippen MR) is 65.3 cm³/mol. The Kier molecular flexibility index (Phi) is 5.68. The molecule has 0 atom stereocenters. The first-order valence-corrected chi connectivity index (χ1v) is 5.18. The Balaban J connectivity index is 5.12. The minimum Gasteiger partial charge on any atom is -0.326 e. The van der Waals surface area contributed by atoms with Gasteiger partial charge >= 0.3 is 0 Å². The largest absolute Gasteiger partial charge is 0.326 e. The average molecular weight is 207 g/mol. The molecule has 0 aromatic rings. The average Bonchev–Trinajstić information content (AvgIpc) is 2.11. The second-order valence-corrected chi connectivity index (χ2v) is 4.04. The number of carbonyl (C=O) groups is 1. The van der Waals surface area contributed by atoms with Gasteiger partial charge in [0.15, 0.2) is 0 Å². The first kappa shape index (κ1) is 13.7. The van der Waals surface area contributed by atoms with E-state index in [-0.39, 0.29) is 5.91 Å². The fourth-order valence-corrected chi connectivity index (χ4v) is 1.37. The Morgan fingerprint density at radius 3 is 2.13 bits per heavy atom. The van der Waals surface area contributed by atoms with E-state index in [4.69, 9.17) is 0 Å². The number of hydrogen-bond acceptors (Lipinski definition) is 1. The summed E-state index contributed by atoms with van der Waals surface area (Å²) in [5, 5.41) is 2.84. The molecule has 1 N–H and O–H groups in total. The second-order valence-electron chi connectivity index (χ2n) is 4.04. The SMILES string of the molecule is C=C/C(C)=C(NC(C)=O)\C(C)=C/C(C)C. The molecule has 0 fully saturated rings. The highest BCUT2D eigenvalue weighted by Crippen LogP contribution is 2.14. The van der Waals surface area contributed by atoms with Gasteiger partial charge in [0.2, 0.25) is 5.91 Å². The summed E-state index contributed by atoms with van der Waals surface area (Å²) < 4.78 is 0. The van der Waals surface area contributed by atoms with Crippen molar-refractivity contribution in [2.75, 3.05) is 0 Å². The van der Waals surface area contributed by atoms with Crippen molar-refractivity contribution in [1.29, 1.82) is 0 Å². The molecular weight excluding hydrogens is 186 g/mol. The van der Waals surface area contributed by atoms with Gasteiger partial charge in [-0.1, -0.05) is 32.6 Å². The molecule has 0 bridgehead atoms. The van der Waals surface area contributed by atoms with Gasteiger partial charge in [-0.15, -0.1) is 0 Å². The maximum Gasteiger partial charge on any atom is 0.221 e. The van der Waals surface area contributed by atoms with E-state index < -0.39 is 0 Å². The van der Waals surface area contributed by atoms with Crippen LogP contribution < -0.4 is 5.32 Å². The van der Waals surface area contributed by atoms with Crippen LogP contribution in [0, 0.1) is 5.92 Å². The van der Waals surface area contributed by atoms with Crippen molar-refractivity contribution in [3.8, 4) is 0 Å². The molecule has 0 aromatic heterocycles. The van der Waals surface area contributed by atoms with Crippen molar-refractivity contribution >= 4 is 5.91 Å². The number of hydrogen-bond donors (Lipinski definition) is 1. The summed E-state index contributed by atoms with van der Waals surface area (Å²) in [4.78, 5) is 11.1. The van der Waals surface area contributed by atoms with Crippen molar-refractivity contribution in [2.24, 2.45) is 5.92 Å². The van der Waals surface area contributed by atoms with Crippen LogP contribution in [-0.2, 0) is 4.79 Å². The zero-order chi connectivity index (χ0) is 12.0. The first-order chi connectivity index (χ1) is 6.88. The van der Waals surface area contributed by atoms with Gasteiger partial charge < -0.3 is 5.32 Å². The molecule has 0 rings (SSSR count). The highest BCUT2D eigenvalue weighted by molar-refractivity contribution is 5.76. The van der Waals surface area contributed by atoms with Gasteiger partial charge in [-0.3, -0.25) is 4.79 Å². The summed E-state index contributed by atoms with van der Waals surface area (Å²) in [5.41, 5.74) is 2.93. The van der Waals surface area contributed by atoms with Crippen molar-refractivity contribution in [2.45, 2.75) is 34.6 Å². The molecule has 0 unspecified atom stereocenters. The quantitative estimate of drug-likeness (QED) is 0.705. The molecule has 2 nitrogen and oxygen atoms in total. The Hall–Kier alpha value is -1.31. The highest BCUT2D eigenvalue weighted by atomic mass is 16.1. The summed E-state index contributed by atoms with van der Waals surface area (Å²) >= 11 is 0. The zero-order valence-corrected chi connectivity index (χ0v) is 10.3. The molecule has 2 heteroatoms. The third-order valence-electron chi connectivity index (χ3n) is 1.98. The fraction of sp³-hybridized carbons (Fsp3) is 0.462. The summed E-state index contributed by atoms with van der Waals surface area (Å²) in [6.45, 7) is 13.4. The van der Waals surface area contributed by atoms with Gasteiger partial charge in [0, 0.05) is 12.6 Å². The van der Waals surface area contributed by atoms with Crippen molar-refractivity contribution in [3.63, 3.8) is 0 Å². The van der Waals surface area contributed by atoms with Gasteiger partial charge in [0.25, 0.3) is 0 Å². The number of carbonyl (C=O) groups excluding carboxylic acids is 1. The zero-order valence-electron chi connectivity index (χ0n) is 10.3. The number of nitrogens with one attached hydrogen (secondary N) is 1. The monoisotopic (exact) mass is 207 g/mol. The molecular formula is C13H21NO. The minimum atomic E-state index is -0.0530. The Morgan fingerprint density at radius 1 is 1.27 bits per heavy atom. The lowest BCUT2D eigenvalue weighted by Crippen LogP contribution is -2.21. The van der Waals surface area contributed by atoms with E-state index in [9.17, 15) is 4.79 Å². The van der Waals surface area contributed by atoms with Crippen LogP contribution in [0.25, 0.3) is 0 Å². The third kappa shape index (κ3) is 5.21. The van der Waals surface area contributed by atoms with E-state index in [0.717, 1.165) is 16.8 Å². The highest BCUT2D eigenvalue weighted by Gasteiger charge is 2.05. The number of allylic oxidation sites excluding steroid dienone is 4. The molecule has 0 aliphatic rings. The van der Waals surface area contributed by atoms with Crippen LogP contribution in [0.15, 0.2) is 35.6 Å². The maximum absolute atomic E-state index is 11.1. The molecule has 0 aliphatic carbocycles. The van der Waals surface area contributed by atoms with Crippen LogP contribution in [-0.4, -0.2) is 5.91 Å². The topological polar surface area (TPSA) is 29.1 Å². The summed E-state index contributed by atoms with van der Waals surface area (Å²) in [7, 11) is 0. The lowest BCUT2D eigenvalue weighted by Gasteiger charge is -2.12. The molecule has 0 aliphatic heterocycles. The third-order valence-corrected chi connectivity index (χ3v) is 1.98. The standard InChI is InChI=1S/C13H21NO/c1-7-10(4)13(14-12(6)15)11(5)8-9(2)3/h7-9H,1H2,2-6H3,(H,14,15)/b11-8-,13-10+. The normalized spacial score (nSPS) is 13.6. The van der Waals surface area contributed by atoms with Crippen molar-refractivity contribution in [3.05, 3.63) is 35.6 Å². The van der Waals surface area contributed by atoms with Crippen LogP contribution in [0.1, 0.15) is 34.6 Å². The van der Waals surface area contributed by atoms with Crippen LogP contribution in [0.4, 0.5) is 0 Å². The predicted octanol–water partition coefficient (Wildman–Crippen LogP) is 3.18. The Morgan fingerprint density at radius 2 is 1.80 bits per heavy atom. The van der Waals surface area contributed by atoms with Crippen LogP contribution in [0.2, 0.25) is 0 Å². The molecule has 1 amide bonds. The number of rotatable bonds is 4. The molecule has 0 saturated heterocycles. The fourth-order valence-electron chi connectivity index (χ4n) is 1.37. The molecule has 0 saturated carbocycles.